The smallest absolute Gasteiger partial charge is 0.284 e. The minimum absolute atomic E-state index is 0.00197. The molecule has 8 nitrogen and oxygen atoms in total. The number of aromatic nitrogens is 4. The molecule has 11 heteroatoms. The van der Waals surface area contributed by atoms with Crippen molar-refractivity contribution < 1.29 is 18.0 Å². The number of nitrogens with zero attached hydrogens (tertiary/aromatic N) is 5. The summed E-state index contributed by atoms with van der Waals surface area (Å²) < 4.78 is 40.9. The lowest BCUT2D eigenvalue weighted by Gasteiger charge is -2.24. The van der Waals surface area contributed by atoms with Crippen LogP contribution in [0.15, 0.2) is 30.5 Å². The molecule has 2 fully saturated rings. The van der Waals surface area contributed by atoms with E-state index < -0.39 is 23.7 Å². The molecule has 2 N–H and O–H groups in total. The second kappa shape index (κ2) is 9.52. The maximum atomic E-state index is 13.2. The number of amides is 1. The van der Waals surface area contributed by atoms with Gasteiger partial charge in [0, 0.05) is 44.8 Å². The Balaban J connectivity index is 0.000000527. The number of rotatable bonds is 4. The van der Waals surface area contributed by atoms with E-state index in [1.165, 1.54) is 51.5 Å². The van der Waals surface area contributed by atoms with Gasteiger partial charge in [-0.3, -0.25) is 9.48 Å². The second-order valence-electron chi connectivity index (χ2n) is 10.3. The molecule has 0 unspecified atom stereocenters. The fraction of sp³-hybridized carbons (Fsp3) is 0.542. The van der Waals surface area contributed by atoms with Crippen LogP contribution in [0.2, 0.25) is 0 Å². The average molecular weight is 492 g/mol. The molecule has 3 aromatic rings. The van der Waals surface area contributed by atoms with Crippen molar-refractivity contribution in [3.63, 3.8) is 0 Å². The molecule has 0 aromatic carbocycles. The largest absolute Gasteiger partial charge is 0.353 e. The fourth-order valence-corrected chi connectivity index (χ4v) is 4.08. The highest BCUT2D eigenvalue weighted by Gasteiger charge is 2.44. The first-order valence-corrected chi connectivity index (χ1v) is 11.7. The Hall–Kier alpha value is -3.08. The van der Waals surface area contributed by atoms with Crippen molar-refractivity contribution >= 4 is 22.9 Å². The van der Waals surface area contributed by atoms with E-state index in [4.69, 9.17) is 5.10 Å². The van der Waals surface area contributed by atoms with E-state index in [1.807, 2.05) is 12.1 Å². The lowest BCUT2D eigenvalue weighted by Crippen LogP contribution is -2.32. The molecule has 0 radical (unpaired) electrons. The SMILES string of the molecule is CC(C)(C)F.Cn1cc(NC(=O)c2ccc3ccc(N4CCNCC5(CC5)C4)nn23)c(C(F)F)n1. The number of fused-ring (bicyclic) bond motifs is 1. The van der Waals surface area contributed by atoms with Gasteiger partial charge < -0.3 is 15.5 Å². The van der Waals surface area contributed by atoms with E-state index in [1.54, 1.807) is 16.6 Å². The topological polar surface area (TPSA) is 79.5 Å². The summed E-state index contributed by atoms with van der Waals surface area (Å²) in [6, 6.07) is 7.32. The molecular formula is C24H32F3N7O. The van der Waals surface area contributed by atoms with Crippen LogP contribution in [0.1, 0.15) is 56.2 Å². The summed E-state index contributed by atoms with van der Waals surface area (Å²) in [5, 5.41) is 14.5. The molecule has 1 amide bonds. The number of halogens is 3. The second-order valence-corrected chi connectivity index (χ2v) is 10.3. The summed E-state index contributed by atoms with van der Waals surface area (Å²) in [5.41, 5.74) is -0.0796. The lowest BCUT2D eigenvalue weighted by molar-refractivity contribution is 0.101. The molecule has 2 aliphatic rings. The Bertz CT molecular complexity index is 1190. The van der Waals surface area contributed by atoms with Crippen LogP contribution in [0.5, 0.6) is 0 Å². The molecule has 4 heterocycles. The zero-order valence-electron chi connectivity index (χ0n) is 20.5. The normalized spacial score (nSPS) is 17.3. The minimum atomic E-state index is -2.78. The third-order valence-electron chi connectivity index (χ3n) is 5.90. The summed E-state index contributed by atoms with van der Waals surface area (Å²) >= 11 is 0. The zero-order valence-corrected chi connectivity index (χ0v) is 20.5. The molecule has 1 spiro atoms. The number of anilines is 2. The predicted octanol–water partition coefficient (Wildman–Crippen LogP) is 4.20. The lowest BCUT2D eigenvalue weighted by atomic mass is 10.1. The molecule has 1 saturated heterocycles. The predicted molar refractivity (Wildman–Crippen MR) is 129 cm³/mol. The van der Waals surface area contributed by atoms with Crippen LogP contribution in [-0.2, 0) is 7.05 Å². The number of carbonyl (C=O) groups excluding carboxylic acids is 1. The summed E-state index contributed by atoms with van der Waals surface area (Å²) in [4.78, 5) is 15.1. The van der Waals surface area contributed by atoms with Crippen LogP contribution in [0.4, 0.5) is 24.7 Å². The quantitative estimate of drug-likeness (QED) is 0.572. The Morgan fingerprint density at radius 3 is 2.51 bits per heavy atom. The van der Waals surface area contributed by atoms with Gasteiger partial charge in [0.1, 0.15) is 17.2 Å². The Kier molecular flexibility index (Phi) is 6.81. The number of hydrogen-bond donors (Lipinski definition) is 2. The molecule has 0 atom stereocenters. The van der Waals surface area contributed by atoms with Gasteiger partial charge in [-0.25, -0.2) is 17.7 Å². The highest BCUT2D eigenvalue weighted by atomic mass is 19.3. The zero-order chi connectivity index (χ0) is 25.4. The van der Waals surface area contributed by atoms with E-state index in [0.717, 1.165) is 37.5 Å². The molecule has 1 aliphatic heterocycles. The minimum Gasteiger partial charge on any atom is -0.353 e. The number of aryl methyl sites for hydroxylation is 1. The summed E-state index contributed by atoms with van der Waals surface area (Å²) in [7, 11) is 1.53. The molecule has 1 aliphatic carbocycles. The van der Waals surface area contributed by atoms with Crippen molar-refractivity contribution in [3.05, 3.63) is 41.9 Å². The number of hydrogen-bond acceptors (Lipinski definition) is 5. The maximum absolute atomic E-state index is 13.2. The van der Waals surface area contributed by atoms with Crippen LogP contribution in [0.3, 0.4) is 0 Å². The third kappa shape index (κ3) is 6.14. The first-order valence-electron chi connectivity index (χ1n) is 11.7. The number of carbonyl (C=O) groups is 1. The molecule has 35 heavy (non-hydrogen) atoms. The standard InChI is InChI=1S/C20H23F2N7O.C4H9F/c1-27-10-14(17(26-27)18(21)22)24-19(30)15-4-2-13-3-5-16(25-29(13)15)28-9-8-23-11-20(12-28)6-7-20;1-4(2,3)5/h2-5,10,18,23H,6-9,11-12H2,1H3,(H,24,30);1-3H3. The molecule has 3 aromatic heterocycles. The van der Waals surface area contributed by atoms with Crippen molar-refractivity contribution in [1.82, 2.24) is 24.7 Å². The van der Waals surface area contributed by atoms with Gasteiger partial charge in [-0.1, -0.05) is 0 Å². The summed E-state index contributed by atoms with van der Waals surface area (Å²) in [5.74, 6) is 0.295. The monoisotopic (exact) mass is 491 g/mol. The van der Waals surface area contributed by atoms with Gasteiger partial charge in [0.2, 0.25) is 0 Å². The van der Waals surface area contributed by atoms with Crippen LogP contribution in [0.25, 0.3) is 5.52 Å². The van der Waals surface area contributed by atoms with Gasteiger partial charge in [-0.05, 0) is 57.9 Å². The molecule has 5 rings (SSSR count). The maximum Gasteiger partial charge on any atom is 0.284 e. The first kappa shape index (κ1) is 25.0. The van der Waals surface area contributed by atoms with Gasteiger partial charge in [0.25, 0.3) is 12.3 Å². The molecular weight excluding hydrogens is 459 g/mol. The van der Waals surface area contributed by atoms with Crippen molar-refractivity contribution in [3.8, 4) is 0 Å². The van der Waals surface area contributed by atoms with E-state index in [2.05, 4.69) is 20.6 Å². The average Bonchev–Trinajstić information content (AvgIpc) is 3.31. The van der Waals surface area contributed by atoms with Crippen molar-refractivity contribution in [2.45, 2.75) is 45.7 Å². The van der Waals surface area contributed by atoms with E-state index in [0.29, 0.717) is 5.41 Å². The van der Waals surface area contributed by atoms with E-state index in [-0.39, 0.29) is 11.4 Å². The molecule has 190 valence electrons. The Labute approximate surface area is 202 Å². The summed E-state index contributed by atoms with van der Waals surface area (Å²) in [6.45, 7) is 8.26. The van der Waals surface area contributed by atoms with Crippen molar-refractivity contribution in [1.29, 1.82) is 0 Å². The van der Waals surface area contributed by atoms with Crippen LogP contribution >= 0.6 is 0 Å². The van der Waals surface area contributed by atoms with Gasteiger partial charge in [-0.2, -0.15) is 5.10 Å². The van der Waals surface area contributed by atoms with Crippen molar-refractivity contribution in [2.75, 3.05) is 36.4 Å². The van der Waals surface area contributed by atoms with Crippen LogP contribution in [-0.4, -0.2) is 57.1 Å². The van der Waals surface area contributed by atoms with Crippen LogP contribution < -0.4 is 15.5 Å². The number of nitrogens with one attached hydrogen (secondary N) is 2. The number of alkyl halides is 3. The summed E-state index contributed by atoms with van der Waals surface area (Å²) in [6.07, 6.45) is 1.02. The molecule has 0 bridgehead atoms. The highest BCUT2D eigenvalue weighted by Crippen LogP contribution is 2.46. The highest BCUT2D eigenvalue weighted by molar-refractivity contribution is 6.04. The van der Waals surface area contributed by atoms with Gasteiger partial charge in [0.15, 0.2) is 5.69 Å². The Morgan fingerprint density at radius 2 is 1.86 bits per heavy atom. The van der Waals surface area contributed by atoms with Gasteiger partial charge in [-0.15, -0.1) is 5.10 Å². The van der Waals surface area contributed by atoms with E-state index >= 15 is 0 Å². The molecule has 1 saturated carbocycles. The van der Waals surface area contributed by atoms with E-state index in [9.17, 15) is 18.0 Å². The van der Waals surface area contributed by atoms with Crippen molar-refractivity contribution in [2.24, 2.45) is 12.5 Å². The van der Waals surface area contributed by atoms with Crippen LogP contribution in [0, 0.1) is 5.41 Å². The fourth-order valence-electron chi connectivity index (χ4n) is 4.08. The Morgan fingerprint density at radius 1 is 1.17 bits per heavy atom. The van der Waals surface area contributed by atoms with Gasteiger partial charge in [0.05, 0.1) is 11.2 Å². The first-order chi connectivity index (χ1) is 16.4. The third-order valence-corrected chi connectivity index (χ3v) is 5.90. The van der Waals surface area contributed by atoms with Gasteiger partial charge >= 0.3 is 0 Å².